The van der Waals surface area contributed by atoms with E-state index in [0.717, 1.165) is 24.8 Å². The van der Waals surface area contributed by atoms with Crippen molar-refractivity contribution >= 4 is 10.0 Å². The SMILES string of the molecule is O=S(=O)(NCC1(O)CCOCC1)c1ccc2c(c1)CCCC2. The van der Waals surface area contributed by atoms with Gasteiger partial charge in [0.25, 0.3) is 0 Å². The van der Waals surface area contributed by atoms with Crippen molar-refractivity contribution in [1.82, 2.24) is 4.72 Å². The summed E-state index contributed by atoms with van der Waals surface area (Å²) in [5, 5.41) is 10.4. The zero-order valence-corrected chi connectivity index (χ0v) is 13.5. The average Bonchev–Trinajstić information content (AvgIpc) is 2.53. The summed E-state index contributed by atoms with van der Waals surface area (Å²) >= 11 is 0. The normalized spacial score (nSPS) is 21.3. The largest absolute Gasteiger partial charge is 0.388 e. The molecule has 0 amide bonds. The molecule has 3 rings (SSSR count). The van der Waals surface area contributed by atoms with Crippen molar-refractivity contribution in [1.29, 1.82) is 0 Å². The van der Waals surface area contributed by atoms with Gasteiger partial charge < -0.3 is 9.84 Å². The zero-order valence-electron chi connectivity index (χ0n) is 12.7. The Morgan fingerprint density at radius 3 is 2.55 bits per heavy atom. The van der Waals surface area contributed by atoms with Gasteiger partial charge in [-0.25, -0.2) is 13.1 Å². The predicted octanol–water partition coefficient (Wildman–Crippen LogP) is 1.39. The molecule has 1 aliphatic carbocycles. The standard InChI is InChI=1S/C16H23NO4S/c18-16(7-9-21-10-8-16)12-17-22(19,20)15-6-5-13-3-1-2-4-14(13)11-15/h5-6,11,17-18H,1-4,7-10,12H2. The van der Waals surface area contributed by atoms with Crippen LogP contribution >= 0.6 is 0 Å². The third-order valence-electron chi connectivity index (χ3n) is 4.65. The minimum Gasteiger partial charge on any atom is -0.388 e. The molecule has 2 N–H and O–H groups in total. The lowest BCUT2D eigenvalue weighted by atomic mass is 9.92. The van der Waals surface area contributed by atoms with Crippen LogP contribution in [0.5, 0.6) is 0 Å². The maximum absolute atomic E-state index is 12.4. The van der Waals surface area contributed by atoms with Crippen molar-refractivity contribution in [2.24, 2.45) is 0 Å². The van der Waals surface area contributed by atoms with Crippen molar-refractivity contribution in [2.75, 3.05) is 19.8 Å². The number of aliphatic hydroxyl groups is 1. The smallest absolute Gasteiger partial charge is 0.240 e. The van der Waals surface area contributed by atoms with Gasteiger partial charge in [0.15, 0.2) is 0 Å². The second-order valence-electron chi connectivity index (χ2n) is 6.30. The number of rotatable bonds is 4. The fourth-order valence-electron chi connectivity index (χ4n) is 3.12. The number of aryl methyl sites for hydroxylation is 2. The molecule has 1 heterocycles. The maximum atomic E-state index is 12.4. The minimum absolute atomic E-state index is 0.0375. The Balaban J connectivity index is 1.72. The van der Waals surface area contributed by atoms with Crippen LogP contribution in [0.4, 0.5) is 0 Å². The van der Waals surface area contributed by atoms with Gasteiger partial charge in [0.2, 0.25) is 10.0 Å². The van der Waals surface area contributed by atoms with Crippen molar-refractivity contribution in [3.05, 3.63) is 29.3 Å². The molecule has 0 atom stereocenters. The second kappa shape index (κ2) is 6.28. The molecule has 2 aliphatic rings. The molecule has 0 radical (unpaired) electrons. The van der Waals surface area contributed by atoms with Crippen LogP contribution in [0.15, 0.2) is 23.1 Å². The fourth-order valence-corrected chi connectivity index (χ4v) is 4.29. The van der Waals surface area contributed by atoms with E-state index in [2.05, 4.69) is 4.72 Å². The highest BCUT2D eigenvalue weighted by Crippen LogP contribution is 2.25. The molecule has 1 aromatic carbocycles. The third kappa shape index (κ3) is 3.51. The summed E-state index contributed by atoms with van der Waals surface area (Å²) in [6.45, 7) is 0.976. The van der Waals surface area contributed by atoms with Crippen LogP contribution < -0.4 is 4.72 Å². The Kier molecular flexibility index (Phi) is 4.54. The van der Waals surface area contributed by atoms with E-state index in [1.54, 1.807) is 12.1 Å². The first-order chi connectivity index (χ1) is 10.5. The van der Waals surface area contributed by atoms with E-state index in [9.17, 15) is 13.5 Å². The minimum atomic E-state index is -3.58. The monoisotopic (exact) mass is 325 g/mol. The number of benzene rings is 1. The van der Waals surface area contributed by atoms with Gasteiger partial charge in [0, 0.05) is 32.6 Å². The molecule has 1 fully saturated rings. The highest BCUT2D eigenvalue weighted by atomic mass is 32.2. The Bertz CT molecular complexity index is 636. The number of fused-ring (bicyclic) bond motifs is 1. The fraction of sp³-hybridized carbons (Fsp3) is 0.625. The lowest BCUT2D eigenvalue weighted by Gasteiger charge is -2.32. The summed E-state index contributed by atoms with van der Waals surface area (Å²) in [6, 6.07) is 5.37. The van der Waals surface area contributed by atoms with Crippen LogP contribution in [0, 0.1) is 0 Å². The number of sulfonamides is 1. The maximum Gasteiger partial charge on any atom is 0.240 e. The van der Waals surface area contributed by atoms with Crippen LogP contribution in [-0.2, 0) is 27.6 Å². The molecule has 0 aromatic heterocycles. The molecular formula is C16H23NO4S. The quantitative estimate of drug-likeness (QED) is 0.877. The number of hydrogen-bond acceptors (Lipinski definition) is 4. The third-order valence-corrected chi connectivity index (χ3v) is 6.04. The van der Waals surface area contributed by atoms with E-state index in [1.807, 2.05) is 6.07 Å². The highest BCUT2D eigenvalue weighted by molar-refractivity contribution is 7.89. The van der Waals surface area contributed by atoms with Crippen LogP contribution in [-0.4, -0.2) is 38.9 Å². The van der Waals surface area contributed by atoms with Crippen LogP contribution in [0.1, 0.15) is 36.8 Å². The summed E-state index contributed by atoms with van der Waals surface area (Å²) in [4.78, 5) is 0.295. The van der Waals surface area contributed by atoms with E-state index >= 15 is 0 Å². The lowest BCUT2D eigenvalue weighted by Crippen LogP contribution is -2.46. The Labute approximate surface area is 131 Å². The number of ether oxygens (including phenoxy) is 1. The summed E-state index contributed by atoms with van der Waals surface area (Å²) in [6.07, 6.45) is 5.18. The van der Waals surface area contributed by atoms with Gasteiger partial charge in [0.1, 0.15) is 0 Å². The first-order valence-electron chi connectivity index (χ1n) is 7.90. The van der Waals surface area contributed by atoms with E-state index < -0.39 is 15.6 Å². The molecule has 5 nitrogen and oxygen atoms in total. The molecule has 1 aliphatic heterocycles. The second-order valence-corrected chi connectivity index (χ2v) is 8.07. The lowest BCUT2D eigenvalue weighted by molar-refractivity contribution is -0.0588. The molecule has 1 aromatic rings. The molecular weight excluding hydrogens is 302 g/mol. The molecule has 22 heavy (non-hydrogen) atoms. The zero-order chi connectivity index (χ0) is 15.6. The van der Waals surface area contributed by atoms with Crippen LogP contribution in [0.25, 0.3) is 0 Å². The summed E-state index contributed by atoms with van der Waals surface area (Å²) in [5.41, 5.74) is 1.40. The van der Waals surface area contributed by atoms with Crippen molar-refractivity contribution in [2.45, 2.75) is 49.0 Å². The average molecular weight is 325 g/mol. The van der Waals surface area contributed by atoms with Gasteiger partial charge >= 0.3 is 0 Å². The summed E-state index contributed by atoms with van der Waals surface area (Å²) in [5.74, 6) is 0. The van der Waals surface area contributed by atoms with Gasteiger partial charge in [-0.3, -0.25) is 0 Å². The first-order valence-corrected chi connectivity index (χ1v) is 9.39. The molecule has 0 saturated carbocycles. The van der Waals surface area contributed by atoms with E-state index in [-0.39, 0.29) is 6.54 Å². The van der Waals surface area contributed by atoms with E-state index in [4.69, 9.17) is 4.74 Å². The van der Waals surface area contributed by atoms with Gasteiger partial charge in [-0.15, -0.1) is 0 Å². The van der Waals surface area contributed by atoms with E-state index in [1.165, 1.54) is 12.0 Å². The molecule has 122 valence electrons. The Hall–Kier alpha value is -0.950. The van der Waals surface area contributed by atoms with Crippen molar-refractivity contribution in [3.63, 3.8) is 0 Å². The van der Waals surface area contributed by atoms with Gasteiger partial charge in [-0.2, -0.15) is 0 Å². The molecule has 6 heteroatoms. The number of nitrogens with one attached hydrogen (secondary N) is 1. The molecule has 0 bridgehead atoms. The predicted molar refractivity (Wildman–Crippen MR) is 83.3 cm³/mol. The van der Waals surface area contributed by atoms with Crippen molar-refractivity contribution < 1.29 is 18.3 Å². The van der Waals surface area contributed by atoms with Gasteiger partial charge in [0.05, 0.1) is 10.5 Å². The van der Waals surface area contributed by atoms with Crippen LogP contribution in [0.3, 0.4) is 0 Å². The number of hydrogen-bond donors (Lipinski definition) is 2. The van der Waals surface area contributed by atoms with Crippen molar-refractivity contribution in [3.8, 4) is 0 Å². The van der Waals surface area contributed by atoms with E-state index in [0.29, 0.717) is 31.0 Å². The summed E-state index contributed by atoms with van der Waals surface area (Å²) in [7, 11) is -3.58. The Morgan fingerprint density at radius 2 is 1.82 bits per heavy atom. The highest BCUT2D eigenvalue weighted by Gasteiger charge is 2.31. The molecule has 0 spiro atoms. The Morgan fingerprint density at radius 1 is 1.14 bits per heavy atom. The molecule has 0 unspecified atom stereocenters. The van der Waals surface area contributed by atoms with Gasteiger partial charge in [-0.05, 0) is 48.9 Å². The summed E-state index contributed by atoms with van der Waals surface area (Å²) < 4.78 is 32.7. The first kappa shape index (κ1) is 15.9. The topological polar surface area (TPSA) is 75.6 Å². The molecule has 1 saturated heterocycles. The van der Waals surface area contributed by atoms with Gasteiger partial charge in [-0.1, -0.05) is 6.07 Å². The van der Waals surface area contributed by atoms with Crippen LogP contribution in [0.2, 0.25) is 0 Å².